The average Bonchev–Trinajstić information content (AvgIpc) is 2.67. The summed E-state index contributed by atoms with van der Waals surface area (Å²) in [6, 6.07) is 5.16. The molecule has 7 nitrogen and oxygen atoms in total. The van der Waals surface area contributed by atoms with Crippen molar-refractivity contribution in [2.45, 2.75) is 12.5 Å². The van der Waals surface area contributed by atoms with Gasteiger partial charge in [0.1, 0.15) is 11.9 Å². The van der Waals surface area contributed by atoms with Crippen molar-refractivity contribution in [2.24, 2.45) is 12.0 Å². The number of aliphatic imine (C=N–C) groups is 1. The molecule has 0 bridgehead atoms. The molecular weight excluding hydrogens is 389 g/mol. The third-order valence-corrected chi connectivity index (χ3v) is 4.40. The fraction of sp³-hybridized carbons (Fsp3) is 0.263. The summed E-state index contributed by atoms with van der Waals surface area (Å²) in [5.74, 6) is -0.694. The Morgan fingerprint density at radius 1 is 1.34 bits per heavy atom. The van der Waals surface area contributed by atoms with Crippen LogP contribution in [0.25, 0.3) is 10.8 Å². The molecule has 1 saturated heterocycles. The molecule has 0 saturated carbocycles. The van der Waals surface area contributed by atoms with E-state index in [1.165, 1.54) is 31.4 Å². The van der Waals surface area contributed by atoms with Crippen molar-refractivity contribution in [2.75, 3.05) is 13.2 Å². The van der Waals surface area contributed by atoms with E-state index in [-0.39, 0.29) is 28.8 Å². The number of pyridine rings is 1. The van der Waals surface area contributed by atoms with Crippen LogP contribution in [0.2, 0.25) is 0 Å². The van der Waals surface area contributed by atoms with Crippen molar-refractivity contribution in [3.63, 3.8) is 0 Å². The van der Waals surface area contributed by atoms with E-state index in [0.29, 0.717) is 18.6 Å². The highest BCUT2D eigenvalue weighted by atomic mass is 19.3. The zero-order valence-corrected chi connectivity index (χ0v) is 15.2. The predicted molar refractivity (Wildman–Crippen MR) is 98.6 cm³/mol. The molecule has 2 aromatic heterocycles. The molecule has 10 heteroatoms. The number of benzene rings is 1. The number of rotatable bonds is 5. The van der Waals surface area contributed by atoms with E-state index in [1.807, 2.05) is 0 Å². The molecule has 1 aliphatic rings. The summed E-state index contributed by atoms with van der Waals surface area (Å²) < 4.78 is 51.8. The minimum atomic E-state index is -2.94. The van der Waals surface area contributed by atoms with Crippen LogP contribution >= 0.6 is 0 Å². The topological polar surface area (TPSA) is 78.6 Å². The molecule has 4 rings (SSSR count). The molecule has 0 unspecified atom stereocenters. The summed E-state index contributed by atoms with van der Waals surface area (Å²) in [5.41, 5.74) is -1.23. The Labute approximate surface area is 162 Å². The number of fused-ring (bicyclic) bond motifs is 1. The zero-order valence-electron chi connectivity index (χ0n) is 15.2. The predicted octanol–water partition coefficient (Wildman–Crippen LogP) is 2.93. The third-order valence-electron chi connectivity index (χ3n) is 4.40. The van der Waals surface area contributed by atoms with Gasteiger partial charge in [0, 0.05) is 36.5 Å². The summed E-state index contributed by atoms with van der Waals surface area (Å²) in [6.45, 7) is 0.887. The maximum atomic E-state index is 14.2. The third kappa shape index (κ3) is 3.70. The SMILES string of the molecule is Cn1nc(N=Cc2cccc(C(F)F)c2F)c2cc(OC3COC3)ncc2c1=O. The van der Waals surface area contributed by atoms with Crippen LogP contribution in [0.15, 0.2) is 40.2 Å². The lowest BCUT2D eigenvalue weighted by Crippen LogP contribution is -2.38. The van der Waals surface area contributed by atoms with Crippen LogP contribution in [0.4, 0.5) is 19.0 Å². The lowest BCUT2D eigenvalue weighted by Gasteiger charge is -2.26. The normalized spacial score (nSPS) is 14.7. The van der Waals surface area contributed by atoms with Gasteiger partial charge in [0.25, 0.3) is 12.0 Å². The van der Waals surface area contributed by atoms with Crippen LogP contribution in [-0.4, -0.2) is 40.3 Å². The molecule has 1 aliphatic heterocycles. The van der Waals surface area contributed by atoms with Gasteiger partial charge in [-0.1, -0.05) is 18.2 Å². The van der Waals surface area contributed by atoms with Crippen LogP contribution in [0.5, 0.6) is 5.88 Å². The minimum absolute atomic E-state index is 0.0982. The number of hydrogen-bond acceptors (Lipinski definition) is 6. The highest BCUT2D eigenvalue weighted by Crippen LogP contribution is 2.26. The largest absolute Gasteiger partial charge is 0.469 e. The van der Waals surface area contributed by atoms with Crippen LogP contribution in [-0.2, 0) is 11.8 Å². The Kier molecular flexibility index (Phi) is 5.01. The first kappa shape index (κ1) is 19.1. The molecule has 0 amide bonds. The number of halogens is 3. The summed E-state index contributed by atoms with van der Waals surface area (Å²) in [4.78, 5) is 20.6. The number of alkyl halides is 2. The van der Waals surface area contributed by atoms with Gasteiger partial charge in [-0.2, -0.15) is 0 Å². The van der Waals surface area contributed by atoms with Gasteiger partial charge in [-0.05, 0) is 0 Å². The molecule has 1 aromatic carbocycles. The molecule has 3 aromatic rings. The molecule has 0 radical (unpaired) electrons. The van der Waals surface area contributed by atoms with Crippen molar-refractivity contribution in [1.29, 1.82) is 0 Å². The van der Waals surface area contributed by atoms with E-state index in [4.69, 9.17) is 9.47 Å². The van der Waals surface area contributed by atoms with Gasteiger partial charge in [-0.25, -0.2) is 27.8 Å². The first-order chi connectivity index (χ1) is 13.9. The summed E-state index contributed by atoms with van der Waals surface area (Å²) >= 11 is 0. The van der Waals surface area contributed by atoms with Gasteiger partial charge in [0.05, 0.1) is 24.2 Å². The van der Waals surface area contributed by atoms with Crippen molar-refractivity contribution in [1.82, 2.24) is 14.8 Å². The number of hydrogen-bond donors (Lipinski definition) is 0. The number of aryl methyl sites for hydroxylation is 1. The molecule has 1 fully saturated rings. The average molecular weight is 404 g/mol. The maximum Gasteiger partial charge on any atom is 0.276 e. The summed E-state index contributed by atoms with van der Waals surface area (Å²) in [7, 11) is 1.44. The van der Waals surface area contributed by atoms with Crippen molar-refractivity contribution in [3.05, 3.63) is 57.8 Å². The van der Waals surface area contributed by atoms with Gasteiger partial charge >= 0.3 is 0 Å². The second-order valence-electron chi connectivity index (χ2n) is 6.41. The quantitative estimate of drug-likeness (QED) is 0.611. The van der Waals surface area contributed by atoms with Gasteiger partial charge in [-0.15, -0.1) is 5.10 Å². The summed E-state index contributed by atoms with van der Waals surface area (Å²) in [5, 5.41) is 4.68. The van der Waals surface area contributed by atoms with Gasteiger partial charge in [-0.3, -0.25) is 4.79 Å². The molecule has 0 N–H and O–H groups in total. The Balaban J connectivity index is 1.77. The van der Waals surface area contributed by atoms with Crippen molar-refractivity contribution < 1.29 is 22.6 Å². The lowest BCUT2D eigenvalue weighted by atomic mass is 10.1. The van der Waals surface area contributed by atoms with Gasteiger partial charge < -0.3 is 9.47 Å². The Hall–Kier alpha value is -3.27. The van der Waals surface area contributed by atoms with E-state index >= 15 is 0 Å². The molecule has 150 valence electrons. The first-order valence-corrected chi connectivity index (χ1v) is 8.66. The smallest absolute Gasteiger partial charge is 0.276 e. The highest BCUT2D eigenvalue weighted by Gasteiger charge is 2.21. The van der Waals surface area contributed by atoms with E-state index in [0.717, 1.165) is 17.0 Å². The molecule has 29 heavy (non-hydrogen) atoms. The summed E-state index contributed by atoms with van der Waals surface area (Å²) in [6.07, 6.45) is -0.627. The highest BCUT2D eigenvalue weighted by molar-refractivity contribution is 5.93. The monoisotopic (exact) mass is 404 g/mol. The Morgan fingerprint density at radius 3 is 2.83 bits per heavy atom. The fourth-order valence-corrected chi connectivity index (χ4v) is 2.79. The molecule has 0 aliphatic carbocycles. The number of aromatic nitrogens is 3. The second-order valence-corrected chi connectivity index (χ2v) is 6.41. The molecule has 3 heterocycles. The van der Waals surface area contributed by atoms with Crippen LogP contribution in [0.3, 0.4) is 0 Å². The molecular formula is C19H15F3N4O3. The van der Waals surface area contributed by atoms with E-state index < -0.39 is 23.4 Å². The fourth-order valence-electron chi connectivity index (χ4n) is 2.79. The first-order valence-electron chi connectivity index (χ1n) is 8.66. The van der Waals surface area contributed by atoms with Gasteiger partial charge in [0.15, 0.2) is 5.82 Å². The lowest BCUT2D eigenvalue weighted by molar-refractivity contribution is -0.0812. The molecule has 0 atom stereocenters. The zero-order chi connectivity index (χ0) is 20.5. The minimum Gasteiger partial charge on any atom is -0.469 e. The van der Waals surface area contributed by atoms with Crippen LogP contribution in [0, 0.1) is 5.82 Å². The van der Waals surface area contributed by atoms with Crippen molar-refractivity contribution >= 4 is 22.8 Å². The van der Waals surface area contributed by atoms with E-state index in [2.05, 4.69) is 15.1 Å². The van der Waals surface area contributed by atoms with Gasteiger partial charge in [0.2, 0.25) is 5.88 Å². The standard InChI is InChI=1S/C19H15F3N4O3/c1-26-19(27)14-7-23-15(29-11-8-28-9-11)5-13(14)18(25-26)24-6-10-3-2-4-12(16(10)20)17(21)22/h2-7,11,17H,8-9H2,1H3. The second kappa shape index (κ2) is 7.63. The van der Waals surface area contributed by atoms with Crippen LogP contribution in [0.1, 0.15) is 17.6 Å². The van der Waals surface area contributed by atoms with Crippen molar-refractivity contribution in [3.8, 4) is 5.88 Å². The number of ether oxygens (including phenoxy) is 2. The maximum absolute atomic E-state index is 14.2. The number of nitrogens with zero attached hydrogens (tertiary/aromatic N) is 4. The Bertz CT molecular complexity index is 1160. The van der Waals surface area contributed by atoms with Crippen LogP contribution < -0.4 is 10.3 Å². The van der Waals surface area contributed by atoms with E-state index in [9.17, 15) is 18.0 Å². The Morgan fingerprint density at radius 2 is 2.14 bits per heavy atom. The van der Waals surface area contributed by atoms with E-state index in [1.54, 1.807) is 0 Å². The molecule has 0 spiro atoms.